The first-order chi connectivity index (χ1) is 16.9. The molecule has 0 bridgehead atoms. The molecular formula is C21H22N7O6P. The van der Waals surface area contributed by atoms with Crippen molar-refractivity contribution >= 4 is 13.4 Å². The van der Waals surface area contributed by atoms with Crippen LogP contribution in [0, 0.1) is 6.92 Å². The lowest BCUT2D eigenvalue weighted by atomic mass is 10.1. The summed E-state index contributed by atoms with van der Waals surface area (Å²) in [5.74, 6) is 0.0753. The van der Waals surface area contributed by atoms with Gasteiger partial charge in [0, 0.05) is 41.0 Å². The molecule has 0 saturated carbocycles. The van der Waals surface area contributed by atoms with E-state index in [-0.39, 0.29) is 18.9 Å². The Morgan fingerprint density at radius 1 is 1.29 bits per heavy atom. The van der Waals surface area contributed by atoms with Crippen molar-refractivity contribution < 1.29 is 18.3 Å². The molecule has 13 nitrogen and oxygen atoms in total. The standard InChI is InChI=1S/C21H22N7O6P/c1-14-12-28(21(30)24-20(14)29)19-11-16(25-27-22)17(33-19)13-32-35(31,26-15-7-3-2-4-8-15)34-18-9-5-6-10-23-18/h2-10,12,16-17,19H,11,13H2,1H3,(H,26,31)(H,24,29,30)/t16?,17-,19-,35?/m1/s1. The van der Waals surface area contributed by atoms with Gasteiger partial charge >= 0.3 is 13.4 Å². The summed E-state index contributed by atoms with van der Waals surface area (Å²) >= 11 is 0. The van der Waals surface area contributed by atoms with Crippen LogP contribution in [-0.2, 0) is 13.8 Å². The Morgan fingerprint density at radius 2 is 2.06 bits per heavy atom. The number of azide groups is 1. The van der Waals surface area contributed by atoms with Crippen molar-refractivity contribution in [1.29, 1.82) is 0 Å². The lowest BCUT2D eigenvalue weighted by Crippen LogP contribution is -2.33. The van der Waals surface area contributed by atoms with Gasteiger partial charge in [0.05, 0.1) is 18.8 Å². The Kier molecular flexibility index (Phi) is 7.33. The number of hydrogen-bond donors (Lipinski definition) is 2. The van der Waals surface area contributed by atoms with E-state index in [1.54, 1.807) is 49.4 Å². The second-order valence-electron chi connectivity index (χ2n) is 7.65. The Bertz CT molecular complexity index is 1330. The van der Waals surface area contributed by atoms with E-state index >= 15 is 0 Å². The van der Waals surface area contributed by atoms with Gasteiger partial charge in [0.25, 0.3) is 5.56 Å². The fourth-order valence-electron chi connectivity index (χ4n) is 3.47. The largest absolute Gasteiger partial charge is 0.487 e. The molecule has 1 aliphatic rings. The minimum absolute atomic E-state index is 0.0753. The van der Waals surface area contributed by atoms with E-state index in [1.807, 2.05) is 0 Å². The number of aryl methyl sites for hydroxylation is 1. The van der Waals surface area contributed by atoms with Crippen LogP contribution in [0.3, 0.4) is 0 Å². The molecule has 1 aromatic carbocycles. The maximum absolute atomic E-state index is 13.6. The van der Waals surface area contributed by atoms with Crippen molar-refractivity contribution in [2.75, 3.05) is 11.7 Å². The number of benzene rings is 1. The highest BCUT2D eigenvalue weighted by Crippen LogP contribution is 2.48. The first-order valence-corrected chi connectivity index (χ1v) is 12.1. The molecule has 1 aliphatic heterocycles. The van der Waals surface area contributed by atoms with Gasteiger partial charge in [0.2, 0.25) is 5.88 Å². The summed E-state index contributed by atoms with van der Waals surface area (Å²) in [5.41, 5.74) is 8.63. The average Bonchev–Trinajstić information content (AvgIpc) is 3.24. The first-order valence-electron chi connectivity index (χ1n) is 10.6. The molecule has 14 heteroatoms. The predicted molar refractivity (Wildman–Crippen MR) is 126 cm³/mol. The Balaban J connectivity index is 1.55. The van der Waals surface area contributed by atoms with Gasteiger partial charge in [-0.05, 0) is 30.7 Å². The zero-order valence-electron chi connectivity index (χ0n) is 18.6. The molecule has 3 heterocycles. The molecule has 1 fully saturated rings. The third kappa shape index (κ3) is 5.97. The molecule has 2 unspecified atom stereocenters. The molecule has 0 aliphatic carbocycles. The van der Waals surface area contributed by atoms with Crippen molar-refractivity contribution in [3.63, 3.8) is 0 Å². The number of aromatic amines is 1. The van der Waals surface area contributed by atoms with Gasteiger partial charge in [-0.25, -0.2) is 14.3 Å². The fourth-order valence-corrected chi connectivity index (χ4v) is 4.80. The molecular weight excluding hydrogens is 477 g/mol. The van der Waals surface area contributed by atoms with Crippen LogP contribution in [0.5, 0.6) is 5.88 Å². The normalized spacial score (nSPS) is 21.0. The van der Waals surface area contributed by atoms with Gasteiger partial charge in [-0.1, -0.05) is 29.4 Å². The van der Waals surface area contributed by atoms with Crippen LogP contribution in [-0.4, -0.2) is 33.3 Å². The number of aromatic nitrogens is 3. The van der Waals surface area contributed by atoms with Crippen molar-refractivity contribution in [1.82, 2.24) is 14.5 Å². The quantitative estimate of drug-likeness (QED) is 0.195. The number of nitrogens with one attached hydrogen (secondary N) is 2. The number of ether oxygens (including phenoxy) is 1. The minimum Gasteiger partial charge on any atom is -0.391 e. The molecule has 0 amide bonds. The number of rotatable bonds is 9. The molecule has 2 N–H and O–H groups in total. The van der Waals surface area contributed by atoms with Crippen LogP contribution in [0.25, 0.3) is 10.4 Å². The minimum atomic E-state index is -4.02. The number of pyridine rings is 1. The summed E-state index contributed by atoms with van der Waals surface area (Å²) in [4.78, 5) is 33.1. The number of hydrogen-bond acceptors (Lipinski definition) is 8. The van der Waals surface area contributed by atoms with E-state index in [4.69, 9.17) is 19.3 Å². The fraction of sp³-hybridized carbons (Fsp3) is 0.286. The number of para-hydroxylation sites is 1. The van der Waals surface area contributed by atoms with E-state index < -0.39 is 37.4 Å². The molecule has 35 heavy (non-hydrogen) atoms. The van der Waals surface area contributed by atoms with Gasteiger partial charge in [-0.3, -0.25) is 24.0 Å². The van der Waals surface area contributed by atoms with E-state index in [1.165, 1.54) is 23.0 Å². The van der Waals surface area contributed by atoms with Crippen molar-refractivity contribution in [2.24, 2.45) is 5.11 Å². The molecule has 0 spiro atoms. The van der Waals surface area contributed by atoms with Crippen molar-refractivity contribution in [3.05, 3.63) is 97.8 Å². The Morgan fingerprint density at radius 3 is 2.77 bits per heavy atom. The van der Waals surface area contributed by atoms with Crippen LogP contribution in [0.2, 0.25) is 0 Å². The van der Waals surface area contributed by atoms with E-state index in [2.05, 4.69) is 25.1 Å². The second kappa shape index (κ2) is 10.6. The predicted octanol–water partition coefficient (Wildman–Crippen LogP) is 3.52. The van der Waals surface area contributed by atoms with Gasteiger partial charge in [-0.15, -0.1) is 0 Å². The van der Waals surface area contributed by atoms with Crippen LogP contribution in [0.1, 0.15) is 18.2 Å². The second-order valence-corrected chi connectivity index (χ2v) is 9.31. The topological polar surface area (TPSA) is 173 Å². The van der Waals surface area contributed by atoms with Crippen LogP contribution >= 0.6 is 7.75 Å². The van der Waals surface area contributed by atoms with Gasteiger partial charge < -0.3 is 9.26 Å². The Labute approximate surface area is 198 Å². The van der Waals surface area contributed by atoms with Crippen LogP contribution in [0.4, 0.5) is 5.69 Å². The van der Waals surface area contributed by atoms with E-state index in [0.717, 1.165) is 0 Å². The summed E-state index contributed by atoms with van der Waals surface area (Å²) in [6.45, 7) is 1.26. The number of H-pyrrole nitrogens is 1. The van der Waals surface area contributed by atoms with Crippen LogP contribution in [0.15, 0.2) is 75.6 Å². The van der Waals surface area contributed by atoms with Crippen molar-refractivity contribution in [3.8, 4) is 5.88 Å². The average molecular weight is 499 g/mol. The highest BCUT2D eigenvalue weighted by Gasteiger charge is 2.39. The van der Waals surface area contributed by atoms with Gasteiger partial charge in [0.15, 0.2) is 0 Å². The maximum Gasteiger partial charge on any atom is 0.487 e. The monoisotopic (exact) mass is 499 g/mol. The summed E-state index contributed by atoms with van der Waals surface area (Å²) in [7, 11) is -4.02. The van der Waals surface area contributed by atoms with E-state index in [9.17, 15) is 14.2 Å². The first kappa shape index (κ1) is 24.2. The molecule has 4 atom stereocenters. The van der Waals surface area contributed by atoms with Gasteiger partial charge in [-0.2, -0.15) is 0 Å². The molecule has 0 radical (unpaired) electrons. The lowest BCUT2D eigenvalue weighted by Gasteiger charge is -2.23. The smallest absolute Gasteiger partial charge is 0.391 e. The van der Waals surface area contributed by atoms with E-state index in [0.29, 0.717) is 11.3 Å². The lowest BCUT2D eigenvalue weighted by molar-refractivity contribution is -0.0235. The van der Waals surface area contributed by atoms with Gasteiger partial charge in [0.1, 0.15) is 6.23 Å². The SMILES string of the molecule is Cc1cn([C@H]2CC(N=[N+]=[N-])[C@@H](COP(=O)(Nc3ccccc3)Oc3ccccn3)O2)c(=O)[nH]c1=O. The van der Waals surface area contributed by atoms with Crippen LogP contribution < -0.4 is 20.9 Å². The molecule has 3 aromatic rings. The maximum atomic E-state index is 13.6. The molecule has 1 saturated heterocycles. The third-order valence-corrected chi connectivity index (χ3v) is 6.61. The van der Waals surface area contributed by atoms with Crippen molar-refractivity contribution in [2.45, 2.75) is 31.7 Å². The molecule has 4 rings (SSSR count). The molecule has 2 aromatic heterocycles. The Hall–Kier alpha value is -3.89. The summed E-state index contributed by atoms with van der Waals surface area (Å²) in [6, 6.07) is 12.8. The molecule has 182 valence electrons. The zero-order valence-corrected chi connectivity index (χ0v) is 19.4. The number of nitrogens with zero attached hydrogens (tertiary/aromatic N) is 5. The summed E-state index contributed by atoms with van der Waals surface area (Å²) < 4.78 is 32.0. The summed E-state index contributed by atoms with van der Waals surface area (Å²) in [5, 5.41) is 6.50. The highest BCUT2D eigenvalue weighted by molar-refractivity contribution is 7.55. The number of anilines is 1. The summed E-state index contributed by atoms with van der Waals surface area (Å²) in [6.07, 6.45) is 1.30. The zero-order chi connectivity index (χ0) is 24.8. The third-order valence-electron chi connectivity index (χ3n) is 5.16. The highest BCUT2D eigenvalue weighted by atomic mass is 31.2.